The quantitative estimate of drug-likeness (QED) is 0.191. The number of hydrogen-bond acceptors (Lipinski definition) is 7. The number of para-hydroxylation sites is 1. The minimum Gasteiger partial charge on any atom is -0.496 e. The van der Waals surface area contributed by atoms with Crippen molar-refractivity contribution in [3.63, 3.8) is 0 Å². The number of fused-ring (bicyclic) bond motifs is 3. The Labute approximate surface area is 204 Å². The lowest BCUT2D eigenvalue weighted by molar-refractivity contribution is -0.384. The van der Waals surface area contributed by atoms with E-state index in [1.807, 2.05) is 54.6 Å². The summed E-state index contributed by atoms with van der Waals surface area (Å²) >= 11 is 1.36. The molecule has 0 saturated heterocycles. The van der Waals surface area contributed by atoms with E-state index in [1.54, 1.807) is 16.7 Å². The maximum absolute atomic E-state index is 13.6. The molecule has 2 aromatic heterocycles. The highest BCUT2D eigenvalue weighted by atomic mass is 32.2. The number of nitro benzene ring substituents is 1. The van der Waals surface area contributed by atoms with Gasteiger partial charge >= 0.3 is 0 Å². The summed E-state index contributed by atoms with van der Waals surface area (Å²) in [6.45, 7) is 3.98. The molecular formula is C25H21N5O4S. The summed E-state index contributed by atoms with van der Waals surface area (Å²) in [6, 6.07) is 17.6. The maximum atomic E-state index is 13.6. The highest BCUT2D eigenvalue weighted by Gasteiger charge is 2.20. The Balaban J connectivity index is 1.69. The van der Waals surface area contributed by atoms with Crippen molar-refractivity contribution >= 4 is 34.1 Å². The van der Waals surface area contributed by atoms with Gasteiger partial charge in [0, 0.05) is 23.4 Å². The van der Waals surface area contributed by atoms with Crippen molar-refractivity contribution in [1.82, 2.24) is 19.2 Å². The van der Waals surface area contributed by atoms with Gasteiger partial charge in [0.2, 0.25) is 5.78 Å². The molecule has 176 valence electrons. The molecule has 0 saturated carbocycles. The molecule has 0 atom stereocenters. The Morgan fingerprint density at radius 3 is 2.63 bits per heavy atom. The van der Waals surface area contributed by atoms with E-state index in [0.717, 1.165) is 16.8 Å². The van der Waals surface area contributed by atoms with Gasteiger partial charge in [-0.2, -0.15) is 0 Å². The zero-order chi connectivity index (χ0) is 24.7. The molecule has 0 aliphatic heterocycles. The number of aromatic nitrogens is 4. The molecule has 0 aliphatic carbocycles. The average molecular weight is 488 g/mol. The minimum atomic E-state index is -0.434. The van der Waals surface area contributed by atoms with Crippen LogP contribution in [0.25, 0.3) is 22.4 Å². The first kappa shape index (κ1) is 22.6. The molecule has 0 fully saturated rings. The van der Waals surface area contributed by atoms with E-state index in [4.69, 9.17) is 4.74 Å². The zero-order valence-corrected chi connectivity index (χ0v) is 20.1. The van der Waals surface area contributed by atoms with E-state index in [-0.39, 0.29) is 11.2 Å². The van der Waals surface area contributed by atoms with Gasteiger partial charge in [0.05, 0.1) is 28.6 Å². The van der Waals surface area contributed by atoms with Crippen molar-refractivity contribution in [3.8, 4) is 11.4 Å². The van der Waals surface area contributed by atoms with Crippen LogP contribution in [0.3, 0.4) is 0 Å². The monoisotopic (exact) mass is 487 g/mol. The molecule has 0 bridgehead atoms. The van der Waals surface area contributed by atoms with Crippen molar-refractivity contribution in [2.24, 2.45) is 0 Å². The minimum absolute atomic E-state index is 0.0123. The Kier molecular flexibility index (Phi) is 5.73. The normalized spacial score (nSPS) is 11.3. The summed E-state index contributed by atoms with van der Waals surface area (Å²) in [5, 5.41) is 21.1. The van der Waals surface area contributed by atoms with Crippen molar-refractivity contribution in [2.45, 2.75) is 24.8 Å². The van der Waals surface area contributed by atoms with Gasteiger partial charge < -0.3 is 4.74 Å². The number of nitrogens with zero attached hydrogens (tertiary/aromatic N) is 5. The maximum Gasteiger partial charge on any atom is 0.270 e. The van der Waals surface area contributed by atoms with Crippen LogP contribution < -0.4 is 10.3 Å². The molecule has 9 nitrogen and oxygen atoms in total. The molecule has 35 heavy (non-hydrogen) atoms. The third-order valence-electron chi connectivity index (χ3n) is 6.04. The predicted molar refractivity (Wildman–Crippen MR) is 135 cm³/mol. The molecule has 3 aromatic carbocycles. The number of non-ortho nitro benzene ring substituents is 1. The predicted octanol–water partition coefficient (Wildman–Crippen LogP) is 4.86. The number of benzene rings is 3. The molecule has 5 aromatic rings. The summed E-state index contributed by atoms with van der Waals surface area (Å²) in [5.41, 5.74) is 3.95. The number of rotatable bonds is 6. The Hall–Kier alpha value is -4.18. The summed E-state index contributed by atoms with van der Waals surface area (Å²) in [7, 11) is 1.53. The number of methoxy groups -OCH3 is 1. The van der Waals surface area contributed by atoms with Crippen LogP contribution in [0.2, 0.25) is 0 Å². The van der Waals surface area contributed by atoms with E-state index in [1.165, 1.54) is 31.0 Å². The van der Waals surface area contributed by atoms with Gasteiger partial charge in [0.15, 0.2) is 5.16 Å². The first-order chi connectivity index (χ1) is 16.9. The van der Waals surface area contributed by atoms with Gasteiger partial charge in [-0.15, -0.1) is 10.2 Å². The number of ether oxygens (including phenoxy) is 1. The van der Waals surface area contributed by atoms with Crippen molar-refractivity contribution in [2.75, 3.05) is 7.11 Å². The second-order valence-corrected chi connectivity index (χ2v) is 8.98. The topological polar surface area (TPSA) is 105 Å². The van der Waals surface area contributed by atoms with E-state index < -0.39 is 4.92 Å². The third-order valence-corrected chi connectivity index (χ3v) is 7.02. The van der Waals surface area contributed by atoms with E-state index in [2.05, 4.69) is 10.2 Å². The Morgan fingerprint density at radius 1 is 1.06 bits per heavy atom. The van der Waals surface area contributed by atoms with Gasteiger partial charge in [-0.3, -0.25) is 19.3 Å². The van der Waals surface area contributed by atoms with Crippen LogP contribution in [0.1, 0.15) is 16.7 Å². The summed E-state index contributed by atoms with van der Waals surface area (Å²) in [5.74, 6) is 1.31. The second-order valence-electron chi connectivity index (χ2n) is 8.04. The van der Waals surface area contributed by atoms with Crippen LogP contribution in [0, 0.1) is 24.0 Å². The molecule has 0 spiro atoms. The standard InChI is InChI=1S/C25H21N5O4S/c1-15-7-6-10-20(16(15)2)28-23(31)19-8-4-5-9-21(19)29-24(28)26-27-25(29)35-14-17-13-18(30(32)33)11-12-22(17)34-3/h4-13H,14H2,1-3H3. The fraction of sp³-hybridized carbons (Fsp3) is 0.160. The third kappa shape index (κ3) is 3.81. The molecule has 0 unspecified atom stereocenters. The fourth-order valence-electron chi connectivity index (χ4n) is 4.10. The summed E-state index contributed by atoms with van der Waals surface area (Å²) in [4.78, 5) is 24.4. The largest absolute Gasteiger partial charge is 0.496 e. The molecular weight excluding hydrogens is 466 g/mol. The zero-order valence-electron chi connectivity index (χ0n) is 19.3. The first-order valence-electron chi connectivity index (χ1n) is 10.8. The van der Waals surface area contributed by atoms with Crippen LogP contribution in [0.4, 0.5) is 5.69 Å². The van der Waals surface area contributed by atoms with Crippen molar-refractivity contribution in [3.05, 3.63) is 97.8 Å². The number of aryl methyl sites for hydroxylation is 1. The van der Waals surface area contributed by atoms with E-state index in [0.29, 0.717) is 38.9 Å². The van der Waals surface area contributed by atoms with E-state index >= 15 is 0 Å². The van der Waals surface area contributed by atoms with Gasteiger partial charge in [0.1, 0.15) is 5.75 Å². The molecule has 10 heteroatoms. The van der Waals surface area contributed by atoms with Crippen LogP contribution in [-0.4, -0.2) is 31.2 Å². The van der Waals surface area contributed by atoms with Gasteiger partial charge in [-0.1, -0.05) is 36.0 Å². The lowest BCUT2D eigenvalue weighted by Gasteiger charge is -2.14. The van der Waals surface area contributed by atoms with Crippen LogP contribution >= 0.6 is 11.8 Å². The van der Waals surface area contributed by atoms with Crippen molar-refractivity contribution in [1.29, 1.82) is 0 Å². The van der Waals surface area contributed by atoms with Crippen LogP contribution in [-0.2, 0) is 5.75 Å². The SMILES string of the molecule is COc1ccc([N+](=O)[O-])cc1CSc1nnc2n(-c3cccc(C)c3C)c(=O)c3ccccc3n12. The number of hydrogen-bond donors (Lipinski definition) is 0. The lowest BCUT2D eigenvalue weighted by Crippen LogP contribution is -2.22. The molecule has 5 rings (SSSR count). The highest BCUT2D eigenvalue weighted by molar-refractivity contribution is 7.98. The number of thioether (sulfide) groups is 1. The molecule has 0 N–H and O–H groups in total. The summed E-state index contributed by atoms with van der Waals surface area (Å²) in [6.07, 6.45) is 0. The van der Waals surface area contributed by atoms with Crippen LogP contribution in [0.15, 0.2) is 70.6 Å². The molecule has 0 amide bonds. The average Bonchev–Trinajstić information content (AvgIpc) is 3.29. The lowest BCUT2D eigenvalue weighted by atomic mass is 10.1. The van der Waals surface area contributed by atoms with Gasteiger partial charge in [0.25, 0.3) is 11.2 Å². The smallest absolute Gasteiger partial charge is 0.270 e. The molecule has 0 radical (unpaired) electrons. The van der Waals surface area contributed by atoms with Crippen LogP contribution in [0.5, 0.6) is 5.75 Å². The van der Waals surface area contributed by atoms with Crippen molar-refractivity contribution < 1.29 is 9.66 Å². The van der Waals surface area contributed by atoms with E-state index in [9.17, 15) is 14.9 Å². The summed E-state index contributed by atoms with van der Waals surface area (Å²) < 4.78 is 8.85. The van der Waals surface area contributed by atoms with Gasteiger partial charge in [-0.05, 0) is 49.2 Å². The molecule has 2 heterocycles. The highest BCUT2D eigenvalue weighted by Crippen LogP contribution is 2.31. The fourth-order valence-corrected chi connectivity index (χ4v) is 5.02. The second kappa shape index (κ2) is 8.88. The Bertz CT molecular complexity index is 1670. The number of nitro groups is 1. The van der Waals surface area contributed by atoms with Gasteiger partial charge in [-0.25, -0.2) is 4.57 Å². The Morgan fingerprint density at radius 2 is 1.86 bits per heavy atom. The first-order valence-corrected chi connectivity index (χ1v) is 11.8. The molecule has 0 aliphatic rings.